The second kappa shape index (κ2) is 11.0. The van der Waals surface area contributed by atoms with Crippen molar-refractivity contribution in [2.75, 3.05) is 5.32 Å². The van der Waals surface area contributed by atoms with E-state index in [0.29, 0.717) is 23.1 Å². The Kier molecular flexibility index (Phi) is 7.46. The normalized spacial score (nSPS) is 33.2. The van der Waals surface area contributed by atoms with Crippen molar-refractivity contribution in [2.45, 2.75) is 83.2 Å². The Hall–Kier alpha value is -3.52. The van der Waals surface area contributed by atoms with Crippen molar-refractivity contribution in [3.8, 4) is 0 Å². The van der Waals surface area contributed by atoms with E-state index in [4.69, 9.17) is 4.74 Å². The highest BCUT2D eigenvalue weighted by Gasteiger charge is 2.72. The van der Waals surface area contributed by atoms with Crippen LogP contribution >= 0.6 is 0 Å². The molecule has 1 aliphatic carbocycles. The van der Waals surface area contributed by atoms with E-state index in [9.17, 15) is 18.8 Å². The van der Waals surface area contributed by atoms with Crippen LogP contribution in [0.5, 0.6) is 0 Å². The van der Waals surface area contributed by atoms with Crippen LogP contribution in [0.25, 0.3) is 0 Å². The first-order valence-corrected chi connectivity index (χ1v) is 15.2. The summed E-state index contributed by atoms with van der Waals surface area (Å²) in [5.74, 6) is -2.07. The molecule has 8 heteroatoms. The van der Waals surface area contributed by atoms with Crippen LogP contribution in [0.3, 0.4) is 0 Å². The fraction of sp³-hybridized carbons (Fsp3) is 0.500. The fourth-order valence-electron chi connectivity index (χ4n) is 7.47. The highest BCUT2D eigenvalue weighted by molar-refractivity contribution is 6.02. The maximum Gasteiger partial charge on any atom is 0.246 e. The molecule has 42 heavy (non-hydrogen) atoms. The second-order valence-corrected chi connectivity index (χ2v) is 12.9. The summed E-state index contributed by atoms with van der Waals surface area (Å²) in [5, 5.41) is 6.21. The van der Waals surface area contributed by atoms with Crippen molar-refractivity contribution in [1.29, 1.82) is 0 Å². The second-order valence-electron chi connectivity index (χ2n) is 12.9. The number of nitrogens with one attached hydrogen (secondary N) is 2. The first kappa shape index (κ1) is 28.6. The molecule has 3 amide bonds. The molecule has 7 nitrogen and oxygen atoms in total. The number of likely N-dealkylation sites (tertiary alicyclic amines) is 1. The molecular formula is C34H40FN3O4. The number of amides is 3. The van der Waals surface area contributed by atoms with Crippen LogP contribution in [-0.2, 0) is 25.7 Å². The van der Waals surface area contributed by atoms with E-state index < -0.39 is 35.4 Å². The molecule has 3 aliphatic heterocycles. The number of rotatable bonds is 7. The first-order chi connectivity index (χ1) is 20.1. The van der Waals surface area contributed by atoms with Gasteiger partial charge in [-0.25, -0.2) is 4.39 Å². The van der Waals surface area contributed by atoms with Gasteiger partial charge in [-0.05, 0) is 47.9 Å². The molecule has 2 saturated heterocycles. The number of ether oxygens (including phenoxy) is 1. The zero-order valence-electron chi connectivity index (χ0n) is 24.7. The summed E-state index contributed by atoms with van der Waals surface area (Å²) in [4.78, 5) is 43.6. The lowest BCUT2D eigenvalue weighted by Gasteiger charge is -2.38. The predicted molar refractivity (Wildman–Crippen MR) is 158 cm³/mol. The summed E-state index contributed by atoms with van der Waals surface area (Å²) in [5.41, 5.74) is 0.797. The molecule has 2 N–H and O–H groups in total. The lowest BCUT2D eigenvalue weighted by atomic mass is 9.73. The van der Waals surface area contributed by atoms with Crippen LogP contribution in [0.1, 0.15) is 64.0 Å². The molecule has 6 rings (SSSR count). The number of fused-ring (bicyclic) bond motifs is 1. The van der Waals surface area contributed by atoms with Gasteiger partial charge >= 0.3 is 0 Å². The third-order valence-corrected chi connectivity index (χ3v) is 10.1. The van der Waals surface area contributed by atoms with Gasteiger partial charge in [0.2, 0.25) is 17.7 Å². The quantitative estimate of drug-likeness (QED) is 0.447. The monoisotopic (exact) mass is 573 g/mol. The molecule has 3 fully saturated rings. The average molecular weight is 574 g/mol. The van der Waals surface area contributed by atoms with Crippen LogP contribution in [0, 0.1) is 29.5 Å². The standard InChI is InChI=1S/C34H40FN3O4/c1-19(2)22-12-14-24(15-13-22)36-31(39)28-27-16-17-34(42-27)29(28)33(41)38(18-23-9-5-6-10-25(23)35)30(34)32(40)37-26-11-7-8-20(3)21(26)4/h5-6,9-10,12-17,19-21,26-30H,7-8,11,18H2,1-4H3,(H,36,39)(H,37,40). The Bertz CT molecular complexity index is 1410. The van der Waals surface area contributed by atoms with E-state index >= 15 is 0 Å². The van der Waals surface area contributed by atoms with Gasteiger partial charge in [0.05, 0.1) is 17.9 Å². The third-order valence-electron chi connectivity index (χ3n) is 10.1. The summed E-state index contributed by atoms with van der Waals surface area (Å²) in [6.07, 6.45) is 5.96. The summed E-state index contributed by atoms with van der Waals surface area (Å²) in [6, 6.07) is 12.9. The van der Waals surface area contributed by atoms with Gasteiger partial charge in [0.1, 0.15) is 17.5 Å². The molecule has 0 aromatic heterocycles. The minimum atomic E-state index is -1.30. The largest absolute Gasteiger partial charge is 0.359 e. The van der Waals surface area contributed by atoms with Gasteiger partial charge in [-0.15, -0.1) is 0 Å². The number of benzene rings is 2. The molecule has 2 aromatic rings. The van der Waals surface area contributed by atoms with E-state index in [1.54, 1.807) is 30.4 Å². The van der Waals surface area contributed by atoms with Crippen molar-refractivity contribution in [3.05, 3.63) is 77.6 Å². The van der Waals surface area contributed by atoms with E-state index in [-0.39, 0.29) is 36.2 Å². The van der Waals surface area contributed by atoms with E-state index in [2.05, 4.69) is 38.3 Å². The highest BCUT2D eigenvalue weighted by atomic mass is 19.1. The summed E-state index contributed by atoms with van der Waals surface area (Å²) >= 11 is 0. The molecule has 8 atom stereocenters. The lowest BCUT2D eigenvalue weighted by Crippen LogP contribution is -2.57. The highest BCUT2D eigenvalue weighted by Crippen LogP contribution is 2.55. The topological polar surface area (TPSA) is 87.7 Å². The molecule has 2 bridgehead atoms. The van der Waals surface area contributed by atoms with Crippen LogP contribution < -0.4 is 10.6 Å². The maximum atomic E-state index is 14.8. The predicted octanol–water partition coefficient (Wildman–Crippen LogP) is 5.18. The van der Waals surface area contributed by atoms with Crippen LogP contribution in [0.4, 0.5) is 10.1 Å². The number of hydrogen-bond donors (Lipinski definition) is 2. The van der Waals surface area contributed by atoms with Gasteiger partial charge in [-0.3, -0.25) is 14.4 Å². The number of halogens is 1. The van der Waals surface area contributed by atoms with Crippen LogP contribution in [0.2, 0.25) is 0 Å². The Balaban J connectivity index is 1.31. The lowest BCUT2D eigenvalue weighted by molar-refractivity contribution is -0.142. The van der Waals surface area contributed by atoms with Crippen molar-refractivity contribution in [3.63, 3.8) is 0 Å². The minimum Gasteiger partial charge on any atom is -0.359 e. The van der Waals surface area contributed by atoms with Gasteiger partial charge < -0.3 is 20.3 Å². The van der Waals surface area contributed by atoms with Crippen LogP contribution in [0.15, 0.2) is 60.7 Å². The molecule has 2 aromatic carbocycles. The van der Waals surface area contributed by atoms with Gasteiger partial charge in [-0.2, -0.15) is 0 Å². The Morgan fingerprint density at radius 2 is 1.81 bits per heavy atom. The molecular weight excluding hydrogens is 533 g/mol. The fourth-order valence-corrected chi connectivity index (χ4v) is 7.47. The number of carbonyl (C=O) groups excluding carboxylic acids is 3. The smallest absolute Gasteiger partial charge is 0.246 e. The minimum absolute atomic E-state index is 0.0300. The number of anilines is 1. The average Bonchev–Trinajstić information content (AvgIpc) is 3.60. The van der Waals surface area contributed by atoms with Gasteiger partial charge in [0, 0.05) is 23.8 Å². The third kappa shape index (κ3) is 4.74. The molecule has 0 radical (unpaired) electrons. The summed E-state index contributed by atoms with van der Waals surface area (Å²) in [7, 11) is 0. The Labute approximate surface area is 246 Å². The van der Waals surface area contributed by atoms with Crippen molar-refractivity contribution < 1.29 is 23.5 Å². The summed E-state index contributed by atoms with van der Waals surface area (Å²) < 4.78 is 21.3. The van der Waals surface area contributed by atoms with Gasteiger partial charge in [-0.1, -0.05) is 83.0 Å². The Morgan fingerprint density at radius 3 is 2.52 bits per heavy atom. The SMILES string of the molecule is CC(C)c1ccc(NC(=O)C2C3C=CC4(O3)C2C(=O)N(Cc2ccccc2F)C4C(=O)NC2CCCC(C)C2C)cc1. The van der Waals surface area contributed by atoms with Gasteiger partial charge in [0.15, 0.2) is 0 Å². The molecule has 4 aliphatic rings. The molecule has 8 unspecified atom stereocenters. The van der Waals surface area contributed by atoms with Crippen molar-refractivity contribution >= 4 is 23.4 Å². The zero-order chi connectivity index (χ0) is 29.8. The zero-order valence-corrected chi connectivity index (χ0v) is 24.7. The van der Waals surface area contributed by atoms with Crippen molar-refractivity contribution in [2.24, 2.45) is 23.7 Å². The van der Waals surface area contributed by atoms with E-state index in [1.165, 1.54) is 11.0 Å². The van der Waals surface area contributed by atoms with Crippen molar-refractivity contribution in [1.82, 2.24) is 10.2 Å². The first-order valence-electron chi connectivity index (χ1n) is 15.2. The molecule has 3 heterocycles. The van der Waals surface area contributed by atoms with Gasteiger partial charge in [0.25, 0.3) is 0 Å². The van der Waals surface area contributed by atoms with Crippen LogP contribution in [-0.4, -0.2) is 46.4 Å². The number of carbonyl (C=O) groups is 3. The number of nitrogens with zero attached hydrogens (tertiary/aromatic N) is 1. The molecule has 1 spiro atoms. The number of hydrogen-bond acceptors (Lipinski definition) is 4. The molecule has 1 saturated carbocycles. The Morgan fingerprint density at radius 1 is 1.07 bits per heavy atom. The summed E-state index contributed by atoms with van der Waals surface area (Å²) in [6.45, 7) is 8.47. The molecule has 222 valence electrons. The van der Waals surface area contributed by atoms with E-state index in [1.807, 2.05) is 24.3 Å². The maximum absolute atomic E-state index is 14.8. The van der Waals surface area contributed by atoms with E-state index in [0.717, 1.165) is 24.8 Å².